The summed E-state index contributed by atoms with van der Waals surface area (Å²) < 4.78 is 1.08. The molecule has 94 valence electrons. The number of carbonyl (C=O) groups excluding carboxylic acids is 1. The number of hydrogen-bond acceptors (Lipinski definition) is 5. The number of halogens is 1. The smallest absolute Gasteiger partial charge is 0.222 e. The molecule has 0 bridgehead atoms. The lowest BCUT2D eigenvalue weighted by molar-refractivity contribution is -0.116. The van der Waals surface area contributed by atoms with Gasteiger partial charge in [-0.15, -0.1) is 11.3 Å². The number of Topliss-reactive ketones (excluding diaryl/α,β-unsaturated/α-hetero) is 1. The number of hydrogen-bond donors (Lipinski definition) is 1. The highest BCUT2D eigenvalue weighted by atomic mass is 79.9. The quantitative estimate of drug-likeness (QED) is 0.915. The second kappa shape index (κ2) is 6.06. The van der Waals surface area contributed by atoms with Crippen molar-refractivity contribution in [3.05, 3.63) is 28.3 Å². The summed E-state index contributed by atoms with van der Waals surface area (Å²) in [5.41, 5.74) is 0.989. The zero-order chi connectivity index (χ0) is 13.0. The normalized spacial score (nSPS) is 10.3. The van der Waals surface area contributed by atoms with Crippen molar-refractivity contribution in [2.24, 2.45) is 0 Å². The summed E-state index contributed by atoms with van der Waals surface area (Å²) in [4.78, 5) is 20.4. The molecule has 0 aliphatic heterocycles. The number of aromatic nitrogens is 2. The third-order valence-electron chi connectivity index (χ3n) is 2.27. The summed E-state index contributed by atoms with van der Waals surface area (Å²) in [6.07, 6.45) is 4.05. The number of ketones is 1. The number of thiophene rings is 1. The lowest BCUT2D eigenvalue weighted by Gasteiger charge is -2.03. The second-order valence-electron chi connectivity index (χ2n) is 3.78. The highest BCUT2D eigenvalue weighted by Crippen LogP contribution is 2.30. The van der Waals surface area contributed by atoms with Crippen molar-refractivity contribution in [3.8, 4) is 10.4 Å². The van der Waals surface area contributed by atoms with Crippen molar-refractivity contribution in [2.45, 2.75) is 13.3 Å². The van der Waals surface area contributed by atoms with E-state index >= 15 is 0 Å². The van der Waals surface area contributed by atoms with E-state index in [2.05, 4.69) is 31.2 Å². The van der Waals surface area contributed by atoms with Crippen LogP contribution < -0.4 is 5.32 Å². The first-order valence-corrected chi connectivity index (χ1v) is 7.07. The number of rotatable bonds is 5. The number of nitrogens with zero attached hydrogens (tertiary/aromatic N) is 2. The molecule has 6 heteroatoms. The number of anilines is 1. The molecule has 0 aliphatic carbocycles. The molecule has 4 nitrogen and oxygen atoms in total. The van der Waals surface area contributed by atoms with Crippen molar-refractivity contribution in [1.29, 1.82) is 0 Å². The van der Waals surface area contributed by atoms with E-state index in [1.165, 1.54) is 0 Å². The summed E-state index contributed by atoms with van der Waals surface area (Å²) >= 11 is 5.07. The molecule has 1 N–H and O–H groups in total. The largest absolute Gasteiger partial charge is 0.354 e. The molecular weight excluding hydrogens is 314 g/mol. The van der Waals surface area contributed by atoms with Crippen LogP contribution in [0.15, 0.2) is 28.3 Å². The molecule has 0 fully saturated rings. The van der Waals surface area contributed by atoms with Gasteiger partial charge < -0.3 is 5.32 Å². The van der Waals surface area contributed by atoms with Crippen LogP contribution in [0.5, 0.6) is 0 Å². The zero-order valence-corrected chi connectivity index (χ0v) is 12.2. The van der Waals surface area contributed by atoms with E-state index in [0.717, 1.165) is 14.2 Å². The molecule has 2 aromatic rings. The van der Waals surface area contributed by atoms with Crippen LogP contribution in [0.1, 0.15) is 13.3 Å². The van der Waals surface area contributed by atoms with E-state index in [4.69, 9.17) is 0 Å². The lowest BCUT2D eigenvalue weighted by atomic mass is 10.3. The topological polar surface area (TPSA) is 54.9 Å². The minimum absolute atomic E-state index is 0.155. The maximum atomic E-state index is 10.8. The molecule has 2 heterocycles. The van der Waals surface area contributed by atoms with Gasteiger partial charge >= 0.3 is 0 Å². The molecular formula is C12H12BrN3OS. The monoisotopic (exact) mass is 325 g/mol. The fourth-order valence-corrected chi connectivity index (χ4v) is 2.73. The van der Waals surface area contributed by atoms with Gasteiger partial charge in [-0.25, -0.2) is 9.97 Å². The van der Waals surface area contributed by atoms with E-state index in [9.17, 15) is 4.79 Å². The molecule has 0 saturated carbocycles. The van der Waals surface area contributed by atoms with Crippen molar-refractivity contribution >= 4 is 39.0 Å². The SMILES string of the molecule is CC(=O)CCNc1ncc(-c2ccc(Br)s2)cn1. The van der Waals surface area contributed by atoms with Crippen molar-refractivity contribution in [3.63, 3.8) is 0 Å². The van der Waals surface area contributed by atoms with Gasteiger partial charge in [-0.05, 0) is 35.0 Å². The molecule has 0 radical (unpaired) electrons. The van der Waals surface area contributed by atoms with Crippen LogP contribution >= 0.6 is 27.3 Å². The lowest BCUT2D eigenvalue weighted by Crippen LogP contribution is -2.08. The molecule has 0 saturated heterocycles. The maximum absolute atomic E-state index is 10.8. The van der Waals surface area contributed by atoms with E-state index < -0.39 is 0 Å². The predicted molar refractivity (Wildman–Crippen MR) is 76.8 cm³/mol. The van der Waals surface area contributed by atoms with Gasteiger partial charge in [-0.2, -0.15) is 0 Å². The highest BCUT2D eigenvalue weighted by molar-refractivity contribution is 9.11. The van der Waals surface area contributed by atoms with E-state index in [1.54, 1.807) is 30.7 Å². The minimum atomic E-state index is 0.155. The molecule has 0 amide bonds. The molecule has 0 atom stereocenters. The van der Waals surface area contributed by atoms with Gasteiger partial charge in [-0.3, -0.25) is 4.79 Å². The first-order valence-electron chi connectivity index (χ1n) is 5.46. The minimum Gasteiger partial charge on any atom is -0.354 e. The molecule has 0 unspecified atom stereocenters. The fourth-order valence-electron chi connectivity index (χ4n) is 1.37. The van der Waals surface area contributed by atoms with Crippen LogP contribution in [0, 0.1) is 0 Å². The van der Waals surface area contributed by atoms with Gasteiger partial charge in [0.25, 0.3) is 0 Å². The first kappa shape index (κ1) is 13.2. The molecule has 0 aromatic carbocycles. The van der Waals surface area contributed by atoms with E-state index in [-0.39, 0.29) is 5.78 Å². The van der Waals surface area contributed by atoms with Gasteiger partial charge in [0.2, 0.25) is 5.95 Å². The zero-order valence-electron chi connectivity index (χ0n) is 9.81. The van der Waals surface area contributed by atoms with Crippen LogP contribution in [0.3, 0.4) is 0 Å². The van der Waals surface area contributed by atoms with E-state index in [1.807, 2.05) is 12.1 Å². The molecule has 2 aromatic heterocycles. The van der Waals surface area contributed by atoms with Gasteiger partial charge in [-0.1, -0.05) is 0 Å². The van der Waals surface area contributed by atoms with Crippen LogP contribution in [0.25, 0.3) is 10.4 Å². The Balaban J connectivity index is 1.99. The Labute approximate surface area is 118 Å². The van der Waals surface area contributed by atoms with Crippen LogP contribution in [-0.2, 0) is 4.79 Å². The van der Waals surface area contributed by atoms with Crippen LogP contribution in [-0.4, -0.2) is 22.3 Å². The maximum Gasteiger partial charge on any atom is 0.222 e. The average Bonchev–Trinajstić information content (AvgIpc) is 2.76. The van der Waals surface area contributed by atoms with Gasteiger partial charge in [0.15, 0.2) is 0 Å². The third-order valence-corrected chi connectivity index (χ3v) is 3.94. The van der Waals surface area contributed by atoms with Crippen molar-refractivity contribution < 1.29 is 4.79 Å². The van der Waals surface area contributed by atoms with Gasteiger partial charge in [0.1, 0.15) is 5.78 Å². The Kier molecular flexibility index (Phi) is 4.43. The summed E-state index contributed by atoms with van der Waals surface area (Å²) in [6, 6.07) is 4.02. The standard InChI is InChI=1S/C12H12BrN3OS/c1-8(17)4-5-14-12-15-6-9(7-16-12)10-2-3-11(13)18-10/h2-3,6-7H,4-5H2,1H3,(H,14,15,16). The molecule has 2 rings (SSSR count). The summed E-state index contributed by atoms with van der Waals surface area (Å²) in [6.45, 7) is 2.14. The Morgan fingerprint density at radius 2 is 2.11 bits per heavy atom. The average molecular weight is 326 g/mol. The van der Waals surface area contributed by atoms with Crippen LogP contribution in [0.4, 0.5) is 5.95 Å². The predicted octanol–water partition coefficient (Wildman–Crippen LogP) is 3.36. The molecule has 18 heavy (non-hydrogen) atoms. The summed E-state index contributed by atoms with van der Waals surface area (Å²) in [5, 5.41) is 3.01. The summed E-state index contributed by atoms with van der Waals surface area (Å²) in [5.74, 6) is 0.707. The first-order chi connectivity index (χ1) is 8.65. The molecule has 0 spiro atoms. The van der Waals surface area contributed by atoms with Crippen molar-refractivity contribution in [1.82, 2.24) is 9.97 Å². The fraction of sp³-hybridized carbons (Fsp3) is 0.250. The number of carbonyl (C=O) groups is 1. The second-order valence-corrected chi connectivity index (χ2v) is 6.24. The van der Waals surface area contributed by atoms with Gasteiger partial charge in [0, 0.05) is 35.8 Å². The van der Waals surface area contributed by atoms with Crippen molar-refractivity contribution in [2.75, 3.05) is 11.9 Å². The van der Waals surface area contributed by atoms with Crippen LogP contribution in [0.2, 0.25) is 0 Å². The Bertz CT molecular complexity index is 539. The molecule has 0 aliphatic rings. The Hall–Kier alpha value is -1.27. The Morgan fingerprint density at radius 1 is 1.39 bits per heavy atom. The summed E-state index contributed by atoms with van der Waals surface area (Å²) in [7, 11) is 0. The number of nitrogens with one attached hydrogen (secondary N) is 1. The Morgan fingerprint density at radius 3 is 2.67 bits per heavy atom. The van der Waals surface area contributed by atoms with E-state index in [0.29, 0.717) is 18.9 Å². The highest BCUT2D eigenvalue weighted by Gasteiger charge is 2.03. The third kappa shape index (κ3) is 3.61. The van der Waals surface area contributed by atoms with Gasteiger partial charge in [0.05, 0.1) is 3.79 Å².